The number of hydrogen-bond acceptors (Lipinski definition) is 5. The third kappa shape index (κ3) is 4.24. The van der Waals surface area contributed by atoms with Gasteiger partial charge in [0.2, 0.25) is 0 Å². The van der Waals surface area contributed by atoms with E-state index in [-0.39, 0.29) is 10.7 Å². The van der Waals surface area contributed by atoms with Crippen molar-refractivity contribution in [1.82, 2.24) is 10.3 Å². The molecule has 1 aromatic heterocycles. The smallest absolute Gasteiger partial charge is 0.269 e. The maximum Gasteiger partial charge on any atom is 0.269 e. The van der Waals surface area contributed by atoms with E-state index in [1.165, 1.54) is 6.20 Å². The van der Waals surface area contributed by atoms with Gasteiger partial charge in [0.1, 0.15) is 5.69 Å². The Labute approximate surface area is 106 Å². The first-order valence-electron chi connectivity index (χ1n) is 5.24. The number of rotatable bonds is 5. The molecule has 6 heteroatoms. The molecule has 4 N–H and O–H groups in total. The fourth-order valence-electron chi connectivity index (χ4n) is 1.07. The second kappa shape index (κ2) is 5.88. The normalized spacial score (nSPS) is 11.1. The summed E-state index contributed by atoms with van der Waals surface area (Å²) in [7, 11) is 0. The minimum absolute atomic E-state index is 0.0222. The molecule has 0 radical (unpaired) electrons. The van der Waals surface area contributed by atoms with Crippen molar-refractivity contribution in [3.05, 3.63) is 24.0 Å². The second-order valence-electron chi connectivity index (χ2n) is 4.22. The van der Waals surface area contributed by atoms with E-state index in [9.17, 15) is 4.79 Å². The van der Waals surface area contributed by atoms with E-state index in [0.29, 0.717) is 17.9 Å². The Bertz CT molecular complexity index is 378. The molecule has 0 aliphatic carbocycles. The fraction of sp³-hybridized carbons (Fsp3) is 0.455. The number of nitrogens with two attached hydrogens (primary N) is 1. The van der Waals surface area contributed by atoms with Crippen LogP contribution in [-0.2, 0) is 0 Å². The lowest BCUT2D eigenvalue weighted by Crippen LogP contribution is -2.36. The topological polar surface area (TPSA) is 80.0 Å². The average molecular weight is 254 g/mol. The van der Waals surface area contributed by atoms with Crippen LogP contribution >= 0.6 is 11.8 Å². The van der Waals surface area contributed by atoms with Gasteiger partial charge in [-0.25, -0.2) is 4.98 Å². The molecule has 0 fully saturated rings. The Morgan fingerprint density at radius 2 is 2.24 bits per heavy atom. The fourth-order valence-corrected chi connectivity index (χ4v) is 1.29. The average Bonchev–Trinajstić information content (AvgIpc) is 2.36. The molecule has 94 valence electrons. The maximum atomic E-state index is 11.8. The summed E-state index contributed by atoms with van der Waals surface area (Å²) in [6, 6.07) is 3.35. The number of thioether (sulfide) groups is 1. The van der Waals surface area contributed by atoms with E-state index in [1.807, 2.05) is 6.26 Å². The number of carbonyl (C=O) groups excluding carboxylic acids is 1. The van der Waals surface area contributed by atoms with Crippen LogP contribution in [0.1, 0.15) is 24.3 Å². The Kier molecular flexibility index (Phi) is 4.77. The highest BCUT2D eigenvalue weighted by atomic mass is 32.2. The molecule has 17 heavy (non-hydrogen) atoms. The summed E-state index contributed by atoms with van der Waals surface area (Å²) >= 11 is 1.71. The van der Waals surface area contributed by atoms with Crippen LogP contribution < -0.4 is 16.6 Å². The van der Waals surface area contributed by atoms with Crippen LogP contribution in [0.15, 0.2) is 18.3 Å². The van der Waals surface area contributed by atoms with Gasteiger partial charge in [0.05, 0.1) is 11.9 Å². The van der Waals surface area contributed by atoms with Gasteiger partial charge in [0, 0.05) is 11.3 Å². The Balaban J connectivity index is 2.58. The molecule has 0 aliphatic rings. The van der Waals surface area contributed by atoms with Crippen LogP contribution in [0.3, 0.4) is 0 Å². The predicted molar refractivity (Wildman–Crippen MR) is 72.0 cm³/mol. The monoisotopic (exact) mass is 254 g/mol. The lowest BCUT2D eigenvalue weighted by molar-refractivity contribution is 0.0946. The van der Waals surface area contributed by atoms with Gasteiger partial charge in [-0.3, -0.25) is 10.6 Å². The van der Waals surface area contributed by atoms with Crippen molar-refractivity contribution in [2.75, 3.05) is 18.2 Å². The molecule has 0 bridgehead atoms. The molecule has 0 saturated carbocycles. The third-order valence-corrected chi connectivity index (χ3v) is 3.64. The SMILES string of the molecule is CSC(C)(C)CNC(=O)c1ccc(NN)cn1. The highest BCUT2D eigenvalue weighted by Gasteiger charge is 2.17. The number of nitrogens with one attached hydrogen (secondary N) is 2. The molecule has 5 nitrogen and oxygen atoms in total. The van der Waals surface area contributed by atoms with Gasteiger partial charge in [-0.2, -0.15) is 11.8 Å². The number of anilines is 1. The third-order valence-electron chi connectivity index (χ3n) is 2.39. The molecule has 0 aromatic carbocycles. The van der Waals surface area contributed by atoms with Crippen molar-refractivity contribution in [2.45, 2.75) is 18.6 Å². The van der Waals surface area contributed by atoms with Gasteiger partial charge >= 0.3 is 0 Å². The zero-order chi connectivity index (χ0) is 12.9. The van der Waals surface area contributed by atoms with Crippen molar-refractivity contribution >= 4 is 23.4 Å². The first kappa shape index (κ1) is 13.8. The standard InChI is InChI=1S/C11H18N4OS/c1-11(2,17-3)7-14-10(16)9-5-4-8(15-12)6-13-9/h4-6,15H,7,12H2,1-3H3,(H,14,16). The molecule has 0 atom stereocenters. The molecule has 0 aliphatic heterocycles. The van der Waals surface area contributed by atoms with Gasteiger partial charge < -0.3 is 10.7 Å². The van der Waals surface area contributed by atoms with E-state index >= 15 is 0 Å². The highest BCUT2D eigenvalue weighted by Crippen LogP contribution is 2.19. The lowest BCUT2D eigenvalue weighted by Gasteiger charge is -2.22. The molecule has 1 amide bonds. The first-order valence-corrected chi connectivity index (χ1v) is 6.47. The zero-order valence-electron chi connectivity index (χ0n) is 10.3. The molecule has 1 rings (SSSR count). The van der Waals surface area contributed by atoms with Crippen molar-refractivity contribution < 1.29 is 4.79 Å². The largest absolute Gasteiger partial charge is 0.349 e. The zero-order valence-corrected chi connectivity index (χ0v) is 11.1. The Morgan fingerprint density at radius 3 is 2.71 bits per heavy atom. The molecule has 0 unspecified atom stereocenters. The van der Waals surface area contributed by atoms with Crippen LogP contribution in [0, 0.1) is 0 Å². The summed E-state index contributed by atoms with van der Waals surface area (Å²) in [5.41, 5.74) is 3.52. The number of aromatic nitrogens is 1. The summed E-state index contributed by atoms with van der Waals surface area (Å²) in [4.78, 5) is 15.8. The number of nitrogen functional groups attached to an aromatic ring is 1. The van der Waals surface area contributed by atoms with Gasteiger partial charge in [0.25, 0.3) is 5.91 Å². The minimum Gasteiger partial charge on any atom is -0.349 e. The van der Waals surface area contributed by atoms with Gasteiger partial charge in [-0.15, -0.1) is 0 Å². The maximum absolute atomic E-state index is 11.8. The van der Waals surface area contributed by atoms with E-state index in [0.717, 1.165) is 0 Å². The molecule has 0 saturated heterocycles. The summed E-state index contributed by atoms with van der Waals surface area (Å²) < 4.78 is 0.0222. The van der Waals surface area contributed by atoms with Crippen molar-refractivity contribution in [3.8, 4) is 0 Å². The number of carbonyl (C=O) groups is 1. The van der Waals surface area contributed by atoms with E-state index in [2.05, 4.69) is 29.6 Å². The summed E-state index contributed by atoms with van der Waals surface area (Å²) in [5.74, 6) is 5.05. The number of hydrazine groups is 1. The highest BCUT2D eigenvalue weighted by molar-refractivity contribution is 7.99. The van der Waals surface area contributed by atoms with Gasteiger partial charge in [-0.1, -0.05) is 0 Å². The molecule has 1 heterocycles. The predicted octanol–water partition coefficient (Wildman–Crippen LogP) is 1.24. The van der Waals surface area contributed by atoms with Crippen molar-refractivity contribution in [2.24, 2.45) is 5.84 Å². The van der Waals surface area contributed by atoms with Crippen LogP contribution in [-0.4, -0.2) is 28.4 Å². The number of pyridine rings is 1. The van der Waals surface area contributed by atoms with Crippen molar-refractivity contribution in [1.29, 1.82) is 0 Å². The van der Waals surface area contributed by atoms with Crippen LogP contribution in [0.4, 0.5) is 5.69 Å². The van der Waals surface area contributed by atoms with E-state index in [4.69, 9.17) is 5.84 Å². The molecular weight excluding hydrogens is 236 g/mol. The van der Waals surface area contributed by atoms with Gasteiger partial charge in [0.15, 0.2) is 0 Å². The molecular formula is C11H18N4OS. The van der Waals surface area contributed by atoms with Crippen LogP contribution in [0.25, 0.3) is 0 Å². The number of amides is 1. The number of hydrogen-bond donors (Lipinski definition) is 3. The summed E-state index contributed by atoms with van der Waals surface area (Å²) in [6.45, 7) is 4.76. The summed E-state index contributed by atoms with van der Waals surface area (Å²) in [6.07, 6.45) is 3.54. The van der Waals surface area contributed by atoms with Crippen molar-refractivity contribution in [3.63, 3.8) is 0 Å². The van der Waals surface area contributed by atoms with Crippen LogP contribution in [0.5, 0.6) is 0 Å². The Morgan fingerprint density at radius 1 is 1.53 bits per heavy atom. The lowest BCUT2D eigenvalue weighted by atomic mass is 10.2. The van der Waals surface area contributed by atoms with Crippen LogP contribution in [0.2, 0.25) is 0 Å². The molecule has 0 spiro atoms. The summed E-state index contributed by atoms with van der Waals surface area (Å²) in [5, 5.41) is 2.85. The first-order chi connectivity index (χ1) is 7.98. The van der Waals surface area contributed by atoms with E-state index < -0.39 is 0 Å². The second-order valence-corrected chi connectivity index (χ2v) is 5.74. The van der Waals surface area contributed by atoms with Gasteiger partial charge in [-0.05, 0) is 32.2 Å². The molecule has 1 aromatic rings. The van der Waals surface area contributed by atoms with E-state index in [1.54, 1.807) is 23.9 Å². The number of nitrogens with zero attached hydrogens (tertiary/aromatic N) is 1. The minimum atomic E-state index is -0.171. The Hall–Kier alpha value is -1.27. The quantitative estimate of drug-likeness (QED) is 0.544.